The molecule has 2 aromatic heterocycles. The summed E-state index contributed by atoms with van der Waals surface area (Å²) in [6.45, 7) is 0.0556. The van der Waals surface area contributed by atoms with Gasteiger partial charge in [-0.3, -0.25) is 4.57 Å². The van der Waals surface area contributed by atoms with Gasteiger partial charge < -0.3 is 33.7 Å². The Morgan fingerprint density at radius 1 is 0.940 bits per heavy atom. The van der Waals surface area contributed by atoms with Gasteiger partial charge in [-0.2, -0.15) is 5.26 Å². The van der Waals surface area contributed by atoms with Gasteiger partial charge in [-0.15, -0.1) is 0 Å². The fraction of sp³-hybridized carbons (Fsp3) is 0.324. The van der Waals surface area contributed by atoms with Crippen LogP contribution in [-0.4, -0.2) is 95.7 Å². The van der Waals surface area contributed by atoms with Crippen LogP contribution in [0.25, 0.3) is 11.2 Å². The molecule has 1 N–H and O–H groups in total. The van der Waals surface area contributed by atoms with Crippen molar-refractivity contribution in [1.82, 2.24) is 24.4 Å². The molecule has 1 saturated heterocycles. The number of nitrogens with zero attached hydrogens (tertiary/aromatic N) is 7. The van der Waals surface area contributed by atoms with Crippen LogP contribution in [0.4, 0.5) is 5.82 Å². The van der Waals surface area contributed by atoms with Crippen molar-refractivity contribution in [2.24, 2.45) is 4.99 Å². The Bertz CT molecular complexity index is 1880. The minimum atomic E-state index is -1.13. The van der Waals surface area contributed by atoms with Crippen LogP contribution in [0.5, 0.6) is 11.5 Å². The molecular formula is C37H39N7O6. The van der Waals surface area contributed by atoms with Crippen LogP contribution in [0.1, 0.15) is 29.3 Å². The molecule has 1 aliphatic heterocycles. The fourth-order valence-corrected chi connectivity index (χ4v) is 6.07. The zero-order chi connectivity index (χ0) is 35.1. The molecule has 13 nitrogen and oxygen atoms in total. The quantitative estimate of drug-likeness (QED) is 0.0759. The number of hydrogen-bond acceptors (Lipinski definition) is 11. The monoisotopic (exact) mass is 677 g/mol. The standard InChI is InChI=1S/C37H39N7O6/c1-43(2)23-42-34-31-35(40-22-39-34)44(24-41-31)36-33(48-20-8-19-38)32(45)30(50-36)21-49-37(25-9-6-5-7-10-25,26-11-15-28(46-3)16-12-26)27-13-17-29(47-4)18-14-27/h5-7,9-18,22-24,30,32-33,36,45H,8,20-21H2,1-4H3/b42-23+/t30-,32-,33-,36-/m1/s1. The number of aliphatic imine (C=N–C) groups is 1. The second-order valence-electron chi connectivity index (χ2n) is 11.8. The van der Waals surface area contributed by atoms with E-state index in [4.69, 9.17) is 23.7 Å². The maximum Gasteiger partial charge on any atom is 0.184 e. The van der Waals surface area contributed by atoms with Crippen molar-refractivity contribution in [2.45, 2.75) is 36.6 Å². The van der Waals surface area contributed by atoms with Crippen molar-refractivity contribution >= 4 is 23.3 Å². The lowest BCUT2D eigenvalue weighted by Gasteiger charge is -2.37. The van der Waals surface area contributed by atoms with E-state index in [1.54, 1.807) is 36.4 Å². The lowest BCUT2D eigenvalue weighted by Crippen LogP contribution is -2.40. The molecule has 0 bridgehead atoms. The van der Waals surface area contributed by atoms with E-state index < -0.39 is 30.1 Å². The summed E-state index contributed by atoms with van der Waals surface area (Å²) in [6, 6.07) is 27.4. The molecule has 3 aromatic carbocycles. The predicted octanol–water partition coefficient (Wildman–Crippen LogP) is 4.63. The summed E-state index contributed by atoms with van der Waals surface area (Å²) in [5.41, 5.74) is 2.32. The second-order valence-corrected chi connectivity index (χ2v) is 11.8. The molecule has 0 saturated carbocycles. The van der Waals surface area contributed by atoms with Crippen LogP contribution in [0.2, 0.25) is 0 Å². The third kappa shape index (κ3) is 6.87. The van der Waals surface area contributed by atoms with E-state index in [0.717, 1.165) is 16.7 Å². The number of methoxy groups -OCH3 is 2. The molecule has 3 heterocycles. The average molecular weight is 678 g/mol. The Balaban J connectivity index is 1.39. The summed E-state index contributed by atoms with van der Waals surface area (Å²) in [4.78, 5) is 19.5. The highest BCUT2D eigenvalue weighted by molar-refractivity contribution is 5.83. The van der Waals surface area contributed by atoms with E-state index in [2.05, 4.69) is 26.0 Å². The van der Waals surface area contributed by atoms with E-state index >= 15 is 0 Å². The Morgan fingerprint density at radius 3 is 2.18 bits per heavy atom. The molecule has 5 aromatic rings. The van der Waals surface area contributed by atoms with Gasteiger partial charge in [0.15, 0.2) is 23.2 Å². The van der Waals surface area contributed by atoms with Gasteiger partial charge in [0, 0.05) is 14.1 Å². The molecule has 0 radical (unpaired) electrons. The summed E-state index contributed by atoms with van der Waals surface area (Å²) in [5.74, 6) is 1.79. The van der Waals surface area contributed by atoms with E-state index in [9.17, 15) is 10.4 Å². The zero-order valence-electron chi connectivity index (χ0n) is 28.3. The molecule has 13 heteroatoms. The molecule has 258 valence electrons. The zero-order valence-corrected chi connectivity index (χ0v) is 28.3. The minimum absolute atomic E-state index is 0.0390. The highest BCUT2D eigenvalue weighted by Gasteiger charge is 2.48. The first-order chi connectivity index (χ1) is 24.4. The summed E-state index contributed by atoms with van der Waals surface area (Å²) in [7, 11) is 6.96. The van der Waals surface area contributed by atoms with Gasteiger partial charge in [-0.1, -0.05) is 54.6 Å². The molecular weight excluding hydrogens is 638 g/mol. The van der Waals surface area contributed by atoms with Crippen LogP contribution in [0.3, 0.4) is 0 Å². The number of aromatic nitrogens is 4. The second kappa shape index (κ2) is 15.4. The molecule has 0 amide bonds. The smallest absolute Gasteiger partial charge is 0.184 e. The van der Waals surface area contributed by atoms with Gasteiger partial charge in [0.25, 0.3) is 0 Å². The van der Waals surface area contributed by atoms with E-state index in [1.165, 1.54) is 6.33 Å². The first-order valence-corrected chi connectivity index (χ1v) is 16.1. The Labute approximate surface area is 290 Å². The van der Waals surface area contributed by atoms with Gasteiger partial charge >= 0.3 is 0 Å². The van der Waals surface area contributed by atoms with Crippen molar-refractivity contribution < 1.29 is 28.8 Å². The molecule has 1 fully saturated rings. The molecule has 0 unspecified atom stereocenters. The maximum atomic E-state index is 11.8. The average Bonchev–Trinajstić information content (AvgIpc) is 3.72. The van der Waals surface area contributed by atoms with Crippen molar-refractivity contribution in [3.05, 3.63) is 108 Å². The summed E-state index contributed by atoms with van der Waals surface area (Å²) >= 11 is 0. The molecule has 0 aliphatic carbocycles. The molecule has 0 spiro atoms. The van der Waals surface area contributed by atoms with Gasteiger partial charge in [0.2, 0.25) is 0 Å². The van der Waals surface area contributed by atoms with Gasteiger partial charge in [0.05, 0.1) is 52.6 Å². The SMILES string of the molecule is COc1ccc(C(OC[C@H]2O[C@@H](n3cnc4c(/N=C/N(C)C)ncnc43)[C@H](OCCC#N)[C@@H]2O)(c2ccccc2)c2ccc(OC)cc2)cc1. The van der Waals surface area contributed by atoms with Gasteiger partial charge in [-0.05, 0) is 41.0 Å². The molecule has 6 rings (SSSR count). The number of ether oxygens (including phenoxy) is 5. The van der Waals surface area contributed by atoms with E-state index in [0.29, 0.717) is 28.5 Å². The van der Waals surface area contributed by atoms with Crippen LogP contribution in [0.15, 0.2) is 96.5 Å². The number of rotatable bonds is 14. The number of aliphatic hydroxyl groups is 1. The Kier molecular flexibility index (Phi) is 10.6. The third-order valence-electron chi connectivity index (χ3n) is 8.50. The Hall–Kier alpha value is -5.39. The topological polar surface area (TPSA) is 149 Å². The van der Waals surface area contributed by atoms with Crippen molar-refractivity contribution in [2.75, 3.05) is 41.5 Å². The summed E-state index contributed by atoms with van der Waals surface area (Å²) < 4.78 is 32.4. The third-order valence-corrected chi connectivity index (χ3v) is 8.50. The minimum Gasteiger partial charge on any atom is -0.497 e. The summed E-state index contributed by atoms with van der Waals surface area (Å²) in [6.07, 6.45) is 1.03. The predicted molar refractivity (Wildman–Crippen MR) is 185 cm³/mol. The van der Waals surface area contributed by atoms with Crippen LogP contribution in [-0.2, 0) is 19.8 Å². The first kappa shape index (κ1) is 34.5. The first-order valence-electron chi connectivity index (χ1n) is 16.1. The fourth-order valence-electron chi connectivity index (χ4n) is 6.07. The number of fused-ring (bicyclic) bond motifs is 1. The van der Waals surface area contributed by atoms with E-state index in [-0.39, 0.29) is 19.6 Å². The summed E-state index contributed by atoms with van der Waals surface area (Å²) in [5, 5.41) is 21.0. The highest BCUT2D eigenvalue weighted by Crippen LogP contribution is 2.43. The Morgan fingerprint density at radius 2 is 1.58 bits per heavy atom. The molecule has 1 aliphatic rings. The lowest BCUT2D eigenvalue weighted by molar-refractivity contribution is -0.0959. The van der Waals surface area contributed by atoms with Crippen LogP contribution >= 0.6 is 0 Å². The van der Waals surface area contributed by atoms with Gasteiger partial charge in [0.1, 0.15) is 41.7 Å². The van der Waals surface area contributed by atoms with E-state index in [1.807, 2.05) is 93.0 Å². The van der Waals surface area contributed by atoms with Gasteiger partial charge in [-0.25, -0.2) is 19.9 Å². The normalized spacial score (nSPS) is 19.1. The molecule has 4 atom stereocenters. The number of hydrogen-bond donors (Lipinski definition) is 1. The number of imidazole rings is 1. The maximum absolute atomic E-state index is 11.8. The van der Waals surface area contributed by atoms with Crippen LogP contribution < -0.4 is 9.47 Å². The van der Waals surface area contributed by atoms with Crippen LogP contribution in [0, 0.1) is 11.3 Å². The number of benzene rings is 3. The van der Waals surface area contributed by atoms with Crippen molar-refractivity contribution in [3.8, 4) is 17.6 Å². The van der Waals surface area contributed by atoms with Crippen molar-refractivity contribution in [1.29, 1.82) is 5.26 Å². The number of nitriles is 1. The number of aliphatic hydroxyl groups excluding tert-OH is 1. The highest BCUT2D eigenvalue weighted by atomic mass is 16.6. The molecule has 50 heavy (non-hydrogen) atoms. The lowest BCUT2D eigenvalue weighted by atomic mass is 9.80. The largest absolute Gasteiger partial charge is 0.497 e. The van der Waals surface area contributed by atoms with Crippen molar-refractivity contribution in [3.63, 3.8) is 0 Å².